The Morgan fingerprint density at radius 1 is 1.08 bits per heavy atom. The quantitative estimate of drug-likeness (QED) is 0.844. The lowest BCUT2D eigenvalue weighted by atomic mass is 9.73. The van der Waals surface area contributed by atoms with Crippen LogP contribution in [-0.2, 0) is 22.4 Å². The maximum atomic E-state index is 12.8. The number of nitrogens with zero attached hydrogens (tertiary/aromatic N) is 2. The van der Waals surface area contributed by atoms with Gasteiger partial charge in [0.2, 0.25) is 11.8 Å². The van der Waals surface area contributed by atoms with Gasteiger partial charge in [0.25, 0.3) is 0 Å². The maximum absolute atomic E-state index is 12.8. The molecule has 4 nitrogen and oxygen atoms in total. The first-order valence-corrected chi connectivity index (χ1v) is 9.68. The highest BCUT2D eigenvalue weighted by Gasteiger charge is 2.42. The molecule has 1 aromatic carbocycles. The molecule has 0 bridgehead atoms. The van der Waals surface area contributed by atoms with Gasteiger partial charge < -0.3 is 9.80 Å². The van der Waals surface area contributed by atoms with E-state index in [0.717, 1.165) is 57.4 Å². The topological polar surface area (TPSA) is 40.6 Å². The third-order valence-corrected chi connectivity index (χ3v) is 5.93. The van der Waals surface area contributed by atoms with Crippen molar-refractivity contribution in [3.05, 3.63) is 35.4 Å². The van der Waals surface area contributed by atoms with Gasteiger partial charge in [0.15, 0.2) is 0 Å². The number of hydrogen-bond acceptors (Lipinski definition) is 2. The first-order valence-electron chi connectivity index (χ1n) is 9.68. The molecule has 1 spiro atoms. The number of carbonyl (C=O) groups excluding carboxylic acids is 2. The van der Waals surface area contributed by atoms with Crippen molar-refractivity contribution in [3.63, 3.8) is 0 Å². The molecule has 0 N–H and O–H groups in total. The van der Waals surface area contributed by atoms with Gasteiger partial charge in [-0.25, -0.2) is 0 Å². The molecule has 2 amide bonds. The number of rotatable bonds is 4. The van der Waals surface area contributed by atoms with Crippen LogP contribution in [-0.4, -0.2) is 47.8 Å². The van der Waals surface area contributed by atoms with Gasteiger partial charge in [-0.3, -0.25) is 9.59 Å². The summed E-state index contributed by atoms with van der Waals surface area (Å²) >= 11 is 0. The fourth-order valence-corrected chi connectivity index (χ4v) is 4.32. The van der Waals surface area contributed by atoms with Crippen LogP contribution in [0.15, 0.2) is 24.3 Å². The number of hydrogen-bond donors (Lipinski definition) is 0. The molecule has 3 rings (SSSR count). The van der Waals surface area contributed by atoms with Crippen LogP contribution >= 0.6 is 0 Å². The third-order valence-electron chi connectivity index (χ3n) is 5.93. The monoisotopic (exact) mass is 342 g/mol. The second-order valence-electron chi connectivity index (χ2n) is 7.67. The average molecular weight is 342 g/mol. The Balaban J connectivity index is 1.64. The van der Waals surface area contributed by atoms with Crippen LogP contribution in [0.3, 0.4) is 0 Å². The van der Waals surface area contributed by atoms with Crippen molar-refractivity contribution in [3.8, 4) is 0 Å². The van der Waals surface area contributed by atoms with Gasteiger partial charge in [0.05, 0.1) is 6.42 Å². The van der Waals surface area contributed by atoms with Crippen LogP contribution in [0, 0.1) is 5.41 Å². The molecule has 2 aliphatic rings. The predicted molar refractivity (Wildman–Crippen MR) is 99.3 cm³/mol. The zero-order valence-electron chi connectivity index (χ0n) is 15.6. The number of piperidine rings is 2. The first-order chi connectivity index (χ1) is 12.0. The summed E-state index contributed by atoms with van der Waals surface area (Å²) in [5.74, 6) is 0.496. The van der Waals surface area contributed by atoms with Gasteiger partial charge in [-0.15, -0.1) is 0 Å². The van der Waals surface area contributed by atoms with E-state index >= 15 is 0 Å². The molecule has 1 atom stereocenters. The summed E-state index contributed by atoms with van der Waals surface area (Å²) in [6.45, 7) is 7.44. The molecule has 4 heteroatoms. The summed E-state index contributed by atoms with van der Waals surface area (Å²) in [5, 5.41) is 0. The zero-order chi connectivity index (χ0) is 17.9. The van der Waals surface area contributed by atoms with Gasteiger partial charge in [-0.1, -0.05) is 31.2 Å². The lowest BCUT2D eigenvalue weighted by molar-refractivity contribution is -0.142. The van der Waals surface area contributed by atoms with Crippen LogP contribution < -0.4 is 0 Å². The Morgan fingerprint density at radius 2 is 1.80 bits per heavy atom. The Labute approximate surface area is 151 Å². The van der Waals surface area contributed by atoms with Crippen LogP contribution in [0.5, 0.6) is 0 Å². The van der Waals surface area contributed by atoms with E-state index in [2.05, 4.69) is 31.2 Å². The third kappa shape index (κ3) is 4.05. The molecule has 2 aliphatic heterocycles. The molecule has 136 valence electrons. The van der Waals surface area contributed by atoms with Crippen LogP contribution in [0.1, 0.15) is 50.7 Å². The largest absolute Gasteiger partial charge is 0.342 e. The average Bonchev–Trinajstić information content (AvgIpc) is 2.64. The van der Waals surface area contributed by atoms with Crippen molar-refractivity contribution in [2.45, 2.75) is 52.4 Å². The Bertz CT molecular complexity index is 625. The summed E-state index contributed by atoms with van der Waals surface area (Å²) < 4.78 is 0. The fourth-order valence-electron chi connectivity index (χ4n) is 4.32. The molecule has 2 saturated heterocycles. The van der Waals surface area contributed by atoms with Gasteiger partial charge in [0.1, 0.15) is 0 Å². The molecule has 0 aromatic heterocycles. The van der Waals surface area contributed by atoms with Gasteiger partial charge in [-0.2, -0.15) is 0 Å². The molecule has 0 radical (unpaired) electrons. The first kappa shape index (κ1) is 18.0. The summed E-state index contributed by atoms with van der Waals surface area (Å²) in [6.07, 6.45) is 5.25. The van der Waals surface area contributed by atoms with Crippen molar-refractivity contribution < 1.29 is 9.59 Å². The van der Waals surface area contributed by atoms with Crippen LogP contribution in [0.4, 0.5) is 0 Å². The number of benzene rings is 1. The minimum absolute atomic E-state index is 0.115. The molecule has 0 unspecified atom stereocenters. The number of aryl methyl sites for hydroxylation is 1. The SMILES string of the molecule is CCc1ccc(CC(=O)N2CCC[C@]3(CCC(=O)N(CC)C3)C2)cc1. The Morgan fingerprint density at radius 3 is 2.48 bits per heavy atom. The van der Waals surface area contributed by atoms with Crippen molar-refractivity contribution >= 4 is 11.8 Å². The fraction of sp³-hybridized carbons (Fsp3) is 0.619. The number of likely N-dealkylation sites (tertiary alicyclic amines) is 2. The Hall–Kier alpha value is -1.84. The van der Waals surface area contributed by atoms with Gasteiger partial charge >= 0.3 is 0 Å². The molecule has 1 aromatic rings. The summed E-state index contributed by atoms with van der Waals surface area (Å²) in [6, 6.07) is 8.39. The zero-order valence-corrected chi connectivity index (χ0v) is 15.6. The van der Waals surface area contributed by atoms with Crippen molar-refractivity contribution in [1.82, 2.24) is 9.80 Å². The number of carbonyl (C=O) groups is 2. The highest BCUT2D eigenvalue weighted by atomic mass is 16.2. The van der Waals surface area contributed by atoms with Crippen molar-refractivity contribution in [1.29, 1.82) is 0 Å². The van der Waals surface area contributed by atoms with Crippen LogP contribution in [0.2, 0.25) is 0 Å². The second-order valence-corrected chi connectivity index (χ2v) is 7.67. The molecule has 2 heterocycles. The predicted octanol–water partition coefficient (Wildman–Crippen LogP) is 3.04. The smallest absolute Gasteiger partial charge is 0.227 e. The lowest BCUT2D eigenvalue weighted by Crippen LogP contribution is -2.55. The van der Waals surface area contributed by atoms with E-state index in [-0.39, 0.29) is 17.2 Å². The van der Waals surface area contributed by atoms with E-state index < -0.39 is 0 Å². The molecule has 0 aliphatic carbocycles. The molecular formula is C21H30N2O2. The minimum atomic E-state index is 0.115. The van der Waals surface area contributed by atoms with E-state index in [0.29, 0.717) is 12.8 Å². The van der Waals surface area contributed by atoms with E-state index in [1.165, 1.54) is 5.56 Å². The van der Waals surface area contributed by atoms with Crippen molar-refractivity contribution in [2.75, 3.05) is 26.2 Å². The standard InChI is InChI=1S/C21H30N2O2/c1-3-17-6-8-18(9-7-17)14-20(25)23-13-5-11-21(16-23)12-10-19(24)22(4-2)15-21/h6-9H,3-5,10-16H2,1-2H3/t21-/m1/s1. The Kier molecular flexibility index (Phi) is 5.45. The lowest BCUT2D eigenvalue weighted by Gasteiger charge is -2.48. The van der Waals surface area contributed by atoms with Crippen molar-refractivity contribution in [2.24, 2.45) is 5.41 Å². The van der Waals surface area contributed by atoms with E-state index in [1.54, 1.807) is 0 Å². The molecule has 0 saturated carbocycles. The highest BCUT2D eigenvalue weighted by Crippen LogP contribution is 2.38. The number of amides is 2. The normalized spacial score (nSPS) is 24.0. The van der Waals surface area contributed by atoms with E-state index in [1.807, 2.05) is 16.7 Å². The molecule has 2 fully saturated rings. The van der Waals surface area contributed by atoms with E-state index in [4.69, 9.17) is 0 Å². The van der Waals surface area contributed by atoms with Gasteiger partial charge in [0, 0.05) is 38.0 Å². The summed E-state index contributed by atoms with van der Waals surface area (Å²) in [7, 11) is 0. The minimum Gasteiger partial charge on any atom is -0.342 e. The summed E-state index contributed by atoms with van der Waals surface area (Å²) in [5.41, 5.74) is 2.51. The highest BCUT2D eigenvalue weighted by molar-refractivity contribution is 5.79. The summed E-state index contributed by atoms with van der Waals surface area (Å²) in [4.78, 5) is 28.8. The van der Waals surface area contributed by atoms with Crippen LogP contribution in [0.25, 0.3) is 0 Å². The van der Waals surface area contributed by atoms with Gasteiger partial charge in [-0.05, 0) is 43.7 Å². The molecule has 25 heavy (non-hydrogen) atoms. The maximum Gasteiger partial charge on any atom is 0.227 e. The van der Waals surface area contributed by atoms with E-state index in [9.17, 15) is 9.59 Å². The molecular weight excluding hydrogens is 312 g/mol. The second kappa shape index (κ2) is 7.59.